The van der Waals surface area contributed by atoms with Crippen molar-refractivity contribution in [3.8, 4) is 0 Å². The van der Waals surface area contributed by atoms with Crippen LogP contribution in [0.25, 0.3) is 0 Å². The Morgan fingerprint density at radius 2 is 2.11 bits per heavy atom. The van der Waals surface area contributed by atoms with Gasteiger partial charge in [-0.25, -0.2) is 17.5 Å². The second kappa shape index (κ2) is 4.20. The predicted octanol–water partition coefficient (Wildman–Crippen LogP) is 1.73. The monoisotopic (exact) mass is 272 g/mol. The van der Waals surface area contributed by atoms with E-state index in [9.17, 15) is 12.8 Å². The second-order valence-electron chi connectivity index (χ2n) is 5.40. The van der Waals surface area contributed by atoms with Crippen LogP contribution in [-0.4, -0.2) is 15.0 Å². The molecule has 1 aliphatic rings. The molecule has 1 aromatic carbocycles. The number of sulfonamides is 1. The first-order chi connectivity index (χ1) is 8.24. The molecule has 0 aliphatic heterocycles. The van der Waals surface area contributed by atoms with Crippen molar-refractivity contribution in [2.45, 2.75) is 25.2 Å². The lowest BCUT2D eigenvalue weighted by molar-refractivity contribution is 0.531. The summed E-state index contributed by atoms with van der Waals surface area (Å²) >= 11 is 0. The first-order valence-corrected chi connectivity index (χ1v) is 7.26. The Labute approximate surface area is 106 Å². The van der Waals surface area contributed by atoms with E-state index in [1.54, 1.807) is 0 Å². The Morgan fingerprint density at radius 3 is 2.61 bits per heavy atom. The lowest BCUT2D eigenvalue weighted by atomic mass is 10.1. The van der Waals surface area contributed by atoms with Gasteiger partial charge in [0.15, 0.2) is 0 Å². The van der Waals surface area contributed by atoms with Crippen molar-refractivity contribution >= 4 is 15.7 Å². The molecule has 0 heterocycles. The standard InChI is InChI=1S/C12H17FN2O2S/c1-12(2)6-8(12)7-15-18(16,17)11-9(13)4-3-5-10(11)14/h3-5,8,15H,6-7,14H2,1-2H3. The molecule has 100 valence electrons. The number of hydrogen-bond donors (Lipinski definition) is 2. The van der Waals surface area contributed by atoms with Gasteiger partial charge in [0, 0.05) is 6.54 Å². The third kappa shape index (κ3) is 2.49. The second-order valence-corrected chi connectivity index (χ2v) is 7.10. The number of nitrogens with one attached hydrogen (secondary N) is 1. The van der Waals surface area contributed by atoms with Crippen molar-refractivity contribution in [2.75, 3.05) is 12.3 Å². The molecule has 1 unspecified atom stereocenters. The summed E-state index contributed by atoms with van der Waals surface area (Å²) in [6.07, 6.45) is 0.974. The SMILES string of the molecule is CC1(C)CC1CNS(=O)(=O)c1c(N)cccc1F. The van der Waals surface area contributed by atoms with E-state index in [1.165, 1.54) is 12.1 Å². The highest BCUT2D eigenvalue weighted by atomic mass is 32.2. The number of nitrogens with two attached hydrogens (primary N) is 1. The fourth-order valence-corrected chi connectivity index (χ4v) is 3.28. The third-order valence-electron chi connectivity index (χ3n) is 3.50. The molecule has 0 amide bonds. The minimum Gasteiger partial charge on any atom is -0.398 e. The van der Waals surface area contributed by atoms with Gasteiger partial charge in [-0.1, -0.05) is 19.9 Å². The molecule has 0 saturated heterocycles. The zero-order chi connectivity index (χ0) is 13.6. The number of hydrogen-bond acceptors (Lipinski definition) is 3. The highest BCUT2D eigenvalue weighted by Crippen LogP contribution is 2.51. The van der Waals surface area contributed by atoms with Gasteiger partial charge in [0.05, 0.1) is 5.69 Å². The highest BCUT2D eigenvalue weighted by molar-refractivity contribution is 7.89. The van der Waals surface area contributed by atoms with Gasteiger partial charge in [-0.3, -0.25) is 0 Å². The molecule has 0 radical (unpaired) electrons. The van der Waals surface area contributed by atoms with E-state index in [0.29, 0.717) is 12.5 Å². The summed E-state index contributed by atoms with van der Waals surface area (Å²) in [5.41, 5.74) is 5.62. The molecule has 2 rings (SSSR count). The molecule has 1 fully saturated rings. The molecular formula is C12H17FN2O2S. The van der Waals surface area contributed by atoms with Gasteiger partial charge in [-0.05, 0) is 29.9 Å². The van der Waals surface area contributed by atoms with Crippen LogP contribution in [0.3, 0.4) is 0 Å². The van der Waals surface area contributed by atoms with Crippen LogP contribution in [0.15, 0.2) is 23.1 Å². The summed E-state index contributed by atoms with van der Waals surface area (Å²) in [6.45, 7) is 4.47. The zero-order valence-corrected chi connectivity index (χ0v) is 11.2. The van der Waals surface area contributed by atoms with Crippen LogP contribution in [-0.2, 0) is 10.0 Å². The highest BCUT2D eigenvalue weighted by Gasteiger charge is 2.45. The van der Waals surface area contributed by atoms with Gasteiger partial charge < -0.3 is 5.73 Å². The summed E-state index contributed by atoms with van der Waals surface area (Å²) in [6, 6.07) is 3.85. The van der Waals surface area contributed by atoms with Crippen LogP contribution >= 0.6 is 0 Å². The Balaban J connectivity index is 2.16. The molecule has 1 saturated carbocycles. The van der Waals surface area contributed by atoms with Gasteiger partial charge in [0.2, 0.25) is 10.0 Å². The van der Waals surface area contributed by atoms with E-state index in [2.05, 4.69) is 18.6 Å². The molecule has 4 nitrogen and oxygen atoms in total. The van der Waals surface area contributed by atoms with Crippen LogP contribution in [0, 0.1) is 17.2 Å². The van der Waals surface area contributed by atoms with Crippen LogP contribution in [0.4, 0.5) is 10.1 Å². The minimum absolute atomic E-state index is 0.0717. The topological polar surface area (TPSA) is 72.2 Å². The van der Waals surface area contributed by atoms with E-state index in [-0.39, 0.29) is 11.1 Å². The first-order valence-electron chi connectivity index (χ1n) is 5.78. The zero-order valence-electron chi connectivity index (χ0n) is 10.4. The van der Waals surface area contributed by atoms with E-state index < -0.39 is 20.7 Å². The molecule has 0 bridgehead atoms. The third-order valence-corrected chi connectivity index (χ3v) is 5.02. The first kappa shape index (κ1) is 13.3. The Bertz CT molecular complexity index is 549. The fraction of sp³-hybridized carbons (Fsp3) is 0.500. The number of halogens is 1. The smallest absolute Gasteiger partial charge is 0.245 e. The normalized spacial score (nSPS) is 21.8. The molecule has 1 aliphatic carbocycles. The number of rotatable bonds is 4. The summed E-state index contributed by atoms with van der Waals surface area (Å²) in [4.78, 5) is -0.455. The van der Waals surface area contributed by atoms with E-state index in [4.69, 9.17) is 5.73 Å². The van der Waals surface area contributed by atoms with Gasteiger partial charge in [-0.15, -0.1) is 0 Å². The average molecular weight is 272 g/mol. The predicted molar refractivity (Wildman–Crippen MR) is 67.9 cm³/mol. The van der Waals surface area contributed by atoms with Crippen LogP contribution in [0.5, 0.6) is 0 Å². The van der Waals surface area contributed by atoms with E-state index in [0.717, 1.165) is 12.5 Å². The van der Waals surface area contributed by atoms with Crippen LogP contribution < -0.4 is 10.5 Å². The molecule has 3 N–H and O–H groups in total. The van der Waals surface area contributed by atoms with Gasteiger partial charge in [0.25, 0.3) is 0 Å². The minimum atomic E-state index is -3.88. The maximum Gasteiger partial charge on any atom is 0.245 e. The molecule has 18 heavy (non-hydrogen) atoms. The summed E-state index contributed by atoms with van der Waals surface area (Å²) in [7, 11) is -3.88. The van der Waals surface area contributed by atoms with Crippen LogP contribution in [0.2, 0.25) is 0 Å². The lowest BCUT2D eigenvalue weighted by Gasteiger charge is -2.10. The number of benzene rings is 1. The molecule has 6 heteroatoms. The number of anilines is 1. The Kier molecular flexibility index (Phi) is 3.11. The average Bonchev–Trinajstić information content (AvgIpc) is 2.83. The molecule has 0 spiro atoms. The number of nitrogen functional groups attached to an aromatic ring is 1. The summed E-state index contributed by atoms with van der Waals surface area (Å²) in [5, 5.41) is 0. The van der Waals surface area contributed by atoms with Crippen molar-refractivity contribution in [3.05, 3.63) is 24.0 Å². The Morgan fingerprint density at radius 1 is 1.50 bits per heavy atom. The van der Waals surface area contributed by atoms with Crippen molar-refractivity contribution in [1.82, 2.24) is 4.72 Å². The van der Waals surface area contributed by atoms with E-state index in [1.807, 2.05) is 0 Å². The van der Waals surface area contributed by atoms with Gasteiger partial charge in [-0.2, -0.15) is 0 Å². The lowest BCUT2D eigenvalue weighted by Crippen LogP contribution is -2.28. The van der Waals surface area contributed by atoms with Crippen molar-refractivity contribution in [1.29, 1.82) is 0 Å². The van der Waals surface area contributed by atoms with Crippen LogP contribution in [0.1, 0.15) is 20.3 Å². The maximum atomic E-state index is 13.5. The Hall–Kier alpha value is -1.14. The quantitative estimate of drug-likeness (QED) is 0.820. The molecule has 1 aromatic rings. The van der Waals surface area contributed by atoms with Crippen molar-refractivity contribution in [2.24, 2.45) is 11.3 Å². The van der Waals surface area contributed by atoms with Crippen molar-refractivity contribution < 1.29 is 12.8 Å². The largest absolute Gasteiger partial charge is 0.398 e. The van der Waals surface area contributed by atoms with Gasteiger partial charge >= 0.3 is 0 Å². The maximum absolute atomic E-state index is 13.5. The summed E-state index contributed by atoms with van der Waals surface area (Å²) in [5.74, 6) is -0.516. The fourth-order valence-electron chi connectivity index (χ4n) is 2.02. The summed E-state index contributed by atoms with van der Waals surface area (Å²) < 4.78 is 39.9. The van der Waals surface area contributed by atoms with Gasteiger partial charge in [0.1, 0.15) is 10.7 Å². The van der Waals surface area contributed by atoms with E-state index >= 15 is 0 Å². The van der Waals surface area contributed by atoms with Crippen molar-refractivity contribution in [3.63, 3.8) is 0 Å². The molecule has 0 aromatic heterocycles. The molecular weight excluding hydrogens is 255 g/mol. The molecule has 1 atom stereocenters.